The molecule has 0 bridgehead atoms. The van der Waals surface area contributed by atoms with Crippen LogP contribution in [0.15, 0.2) is 16.6 Å². The lowest BCUT2D eigenvalue weighted by molar-refractivity contribution is 0.0989. The molecule has 0 unspecified atom stereocenters. The van der Waals surface area contributed by atoms with E-state index in [1.54, 1.807) is 20.2 Å². The van der Waals surface area contributed by atoms with Crippen molar-refractivity contribution in [1.29, 1.82) is 0 Å². The molecule has 0 aliphatic rings. The van der Waals surface area contributed by atoms with Crippen LogP contribution in [0.5, 0.6) is 0 Å². The molecule has 0 fully saturated rings. The normalized spacial score (nSPS) is 10.5. The summed E-state index contributed by atoms with van der Waals surface area (Å²) in [5, 5.41) is 2.70. The predicted octanol–water partition coefficient (Wildman–Crippen LogP) is 2.14. The lowest BCUT2D eigenvalue weighted by Crippen LogP contribution is -2.20. The number of nitrogens with one attached hydrogen (secondary N) is 1. The molecule has 1 N–H and O–H groups in total. The summed E-state index contributed by atoms with van der Waals surface area (Å²) in [7, 11) is 3.19. The van der Waals surface area contributed by atoms with Crippen molar-refractivity contribution in [3.63, 3.8) is 0 Å². The summed E-state index contributed by atoms with van der Waals surface area (Å²) in [6.45, 7) is 0.457. The third-order valence-corrected chi connectivity index (χ3v) is 2.61. The molecule has 0 saturated heterocycles. The van der Waals surface area contributed by atoms with Crippen molar-refractivity contribution in [2.75, 3.05) is 20.7 Å². The van der Waals surface area contributed by atoms with Crippen LogP contribution in [0, 0.1) is 5.82 Å². The van der Waals surface area contributed by atoms with Crippen molar-refractivity contribution >= 4 is 21.7 Å². The lowest BCUT2D eigenvalue weighted by atomic mass is 10.1. The summed E-state index contributed by atoms with van der Waals surface area (Å²) in [6, 6.07) is 3.12. The van der Waals surface area contributed by atoms with Gasteiger partial charge < -0.3 is 10.1 Å². The van der Waals surface area contributed by atoms with Crippen LogP contribution < -0.4 is 5.32 Å². The standard InChI is InChI=1S/C11H13BrFNO2/c1-14-5-10(15)8-3-7(6-16-2)4-9(12)11(8)13/h3-4,14H,5-6H2,1-2H3. The number of hydrogen-bond donors (Lipinski definition) is 1. The molecule has 1 aromatic rings. The van der Waals surface area contributed by atoms with Crippen LogP contribution in [-0.4, -0.2) is 26.5 Å². The first-order chi connectivity index (χ1) is 7.60. The first-order valence-electron chi connectivity index (χ1n) is 4.74. The third-order valence-electron chi connectivity index (χ3n) is 2.04. The Kier molecular flexibility index (Phi) is 5.05. The van der Waals surface area contributed by atoms with Crippen molar-refractivity contribution in [1.82, 2.24) is 5.32 Å². The van der Waals surface area contributed by atoms with Crippen LogP contribution in [-0.2, 0) is 11.3 Å². The minimum absolute atomic E-state index is 0.0794. The topological polar surface area (TPSA) is 38.3 Å². The second-order valence-electron chi connectivity index (χ2n) is 3.33. The molecular formula is C11H13BrFNO2. The third kappa shape index (κ3) is 3.10. The van der Waals surface area contributed by atoms with Crippen molar-refractivity contribution in [2.45, 2.75) is 6.61 Å². The maximum Gasteiger partial charge on any atom is 0.179 e. The molecular weight excluding hydrogens is 277 g/mol. The second kappa shape index (κ2) is 6.08. The Morgan fingerprint density at radius 3 is 2.81 bits per heavy atom. The van der Waals surface area contributed by atoms with Crippen LogP contribution >= 0.6 is 15.9 Å². The predicted molar refractivity (Wildman–Crippen MR) is 63.1 cm³/mol. The van der Waals surface area contributed by atoms with Gasteiger partial charge in [-0.1, -0.05) is 0 Å². The van der Waals surface area contributed by atoms with E-state index in [0.717, 1.165) is 5.56 Å². The molecule has 3 nitrogen and oxygen atoms in total. The highest BCUT2D eigenvalue weighted by Crippen LogP contribution is 2.22. The van der Waals surface area contributed by atoms with Gasteiger partial charge in [0.1, 0.15) is 5.82 Å². The van der Waals surface area contributed by atoms with Gasteiger partial charge in [0.25, 0.3) is 0 Å². The highest BCUT2D eigenvalue weighted by atomic mass is 79.9. The summed E-state index contributed by atoms with van der Waals surface area (Å²) in [5.74, 6) is -0.807. The number of halogens is 2. The number of methoxy groups -OCH3 is 1. The van der Waals surface area contributed by atoms with Crippen LogP contribution in [0.4, 0.5) is 4.39 Å². The summed E-state index contributed by atoms with van der Waals surface area (Å²) in [5.41, 5.74) is 0.839. The zero-order chi connectivity index (χ0) is 12.1. The molecule has 5 heteroatoms. The van der Waals surface area contributed by atoms with Gasteiger partial charge in [0.15, 0.2) is 5.78 Å². The molecule has 0 aromatic heterocycles. The van der Waals surface area contributed by atoms with Crippen LogP contribution in [0.25, 0.3) is 0 Å². The fourth-order valence-corrected chi connectivity index (χ4v) is 1.86. The largest absolute Gasteiger partial charge is 0.380 e. The van der Waals surface area contributed by atoms with Crippen LogP contribution in [0.1, 0.15) is 15.9 Å². The lowest BCUT2D eigenvalue weighted by Gasteiger charge is -2.07. The molecule has 1 aromatic carbocycles. The fraction of sp³-hybridized carbons (Fsp3) is 0.364. The zero-order valence-electron chi connectivity index (χ0n) is 9.14. The molecule has 0 atom stereocenters. The molecule has 88 valence electrons. The Balaban J connectivity index is 3.10. The molecule has 0 amide bonds. The molecule has 0 radical (unpaired) electrons. The van der Waals surface area contributed by atoms with Gasteiger partial charge in [-0.3, -0.25) is 4.79 Å². The summed E-state index contributed by atoms with van der Waals surface area (Å²) in [4.78, 5) is 11.6. The van der Waals surface area contributed by atoms with Gasteiger partial charge in [0, 0.05) is 7.11 Å². The van der Waals surface area contributed by atoms with E-state index in [-0.39, 0.29) is 22.4 Å². The van der Waals surface area contributed by atoms with Gasteiger partial charge >= 0.3 is 0 Å². The maximum absolute atomic E-state index is 13.7. The Bertz CT molecular complexity index is 396. The number of rotatable bonds is 5. The average molecular weight is 290 g/mol. The van der Waals surface area contributed by atoms with E-state index in [2.05, 4.69) is 21.2 Å². The van der Waals surface area contributed by atoms with Crippen molar-refractivity contribution < 1.29 is 13.9 Å². The molecule has 0 aliphatic heterocycles. The number of Topliss-reactive ketones (excluding diaryl/α,β-unsaturated/α-hetero) is 1. The SMILES string of the molecule is CNCC(=O)c1cc(COC)cc(Br)c1F. The van der Waals surface area contributed by atoms with Crippen LogP contribution in [0.2, 0.25) is 0 Å². The van der Waals surface area contributed by atoms with Crippen molar-refractivity contribution in [3.05, 3.63) is 33.5 Å². The molecule has 0 spiro atoms. The molecule has 16 heavy (non-hydrogen) atoms. The molecule has 0 heterocycles. The van der Waals surface area contributed by atoms with E-state index in [4.69, 9.17) is 4.74 Å². The van der Waals surface area contributed by atoms with Crippen LogP contribution in [0.3, 0.4) is 0 Å². The smallest absolute Gasteiger partial charge is 0.179 e. The highest BCUT2D eigenvalue weighted by Gasteiger charge is 2.15. The summed E-state index contributed by atoms with van der Waals surface area (Å²) < 4.78 is 18.9. The van der Waals surface area contributed by atoms with Gasteiger partial charge in [0.05, 0.1) is 23.2 Å². The monoisotopic (exact) mass is 289 g/mol. The zero-order valence-corrected chi connectivity index (χ0v) is 10.7. The van der Waals surface area contributed by atoms with Gasteiger partial charge in [0.2, 0.25) is 0 Å². The quantitative estimate of drug-likeness (QED) is 0.844. The number of ether oxygens (including phenoxy) is 1. The number of hydrogen-bond acceptors (Lipinski definition) is 3. The first kappa shape index (κ1) is 13.3. The Morgan fingerprint density at radius 1 is 1.56 bits per heavy atom. The molecule has 0 saturated carbocycles. The van der Waals surface area contributed by atoms with E-state index in [1.165, 1.54) is 6.07 Å². The Hall–Kier alpha value is -0.780. The Labute approximate surface area is 102 Å². The molecule has 1 rings (SSSR count). The summed E-state index contributed by atoms with van der Waals surface area (Å²) >= 11 is 3.08. The number of likely N-dealkylation sites (N-methyl/N-ethyl adjacent to an activating group) is 1. The minimum Gasteiger partial charge on any atom is -0.380 e. The second-order valence-corrected chi connectivity index (χ2v) is 4.18. The van der Waals surface area contributed by atoms with Gasteiger partial charge in [-0.05, 0) is 40.7 Å². The van der Waals surface area contributed by atoms with Crippen molar-refractivity contribution in [2.24, 2.45) is 0 Å². The van der Waals surface area contributed by atoms with E-state index < -0.39 is 5.82 Å². The van der Waals surface area contributed by atoms with E-state index in [9.17, 15) is 9.18 Å². The van der Waals surface area contributed by atoms with Crippen molar-refractivity contribution in [3.8, 4) is 0 Å². The van der Waals surface area contributed by atoms with Gasteiger partial charge in [-0.15, -0.1) is 0 Å². The minimum atomic E-state index is -0.528. The Morgan fingerprint density at radius 2 is 2.25 bits per heavy atom. The number of carbonyl (C=O) groups excluding carboxylic acids is 1. The summed E-state index contributed by atoms with van der Waals surface area (Å²) in [6.07, 6.45) is 0. The maximum atomic E-state index is 13.7. The van der Waals surface area contributed by atoms with Gasteiger partial charge in [-0.2, -0.15) is 0 Å². The first-order valence-corrected chi connectivity index (χ1v) is 5.54. The highest BCUT2D eigenvalue weighted by molar-refractivity contribution is 9.10. The van der Waals surface area contributed by atoms with Gasteiger partial charge in [-0.25, -0.2) is 4.39 Å². The van der Waals surface area contributed by atoms with E-state index in [0.29, 0.717) is 6.61 Å². The molecule has 0 aliphatic carbocycles. The fourth-order valence-electron chi connectivity index (χ4n) is 1.35. The number of carbonyl (C=O) groups is 1. The average Bonchev–Trinajstić information content (AvgIpc) is 2.23. The number of ketones is 1. The van der Waals surface area contributed by atoms with E-state index in [1.807, 2.05) is 0 Å². The number of benzene rings is 1. The van der Waals surface area contributed by atoms with E-state index >= 15 is 0 Å².